The van der Waals surface area contributed by atoms with E-state index in [1.54, 1.807) is 38.3 Å². The summed E-state index contributed by atoms with van der Waals surface area (Å²) in [7, 11) is 1.56. The summed E-state index contributed by atoms with van der Waals surface area (Å²) in [5.74, 6) is -0.492. The van der Waals surface area contributed by atoms with Crippen LogP contribution in [-0.2, 0) is 19.1 Å². The zero-order valence-corrected chi connectivity index (χ0v) is 17.1. The fourth-order valence-corrected chi connectivity index (χ4v) is 3.50. The van der Waals surface area contributed by atoms with Crippen LogP contribution in [0.25, 0.3) is 0 Å². The molecule has 1 aromatic rings. The van der Waals surface area contributed by atoms with Crippen LogP contribution in [0.5, 0.6) is 5.75 Å². The molecule has 0 bridgehead atoms. The maximum Gasteiger partial charge on any atom is 0.338 e. The quantitative estimate of drug-likeness (QED) is 0.525. The van der Waals surface area contributed by atoms with Crippen molar-refractivity contribution in [2.45, 2.75) is 32.2 Å². The highest BCUT2D eigenvalue weighted by Gasteiger charge is 2.34. The molecule has 30 heavy (non-hydrogen) atoms. The highest BCUT2D eigenvalue weighted by molar-refractivity contribution is 5.95. The minimum absolute atomic E-state index is 0.174. The minimum Gasteiger partial charge on any atom is -0.497 e. The van der Waals surface area contributed by atoms with Gasteiger partial charge in [-0.3, -0.25) is 4.79 Å². The van der Waals surface area contributed by atoms with Crippen LogP contribution in [0.2, 0.25) is 0 Å². The first-order valence-corrected chi connectivity index (χ1v) is 9.96. The van der Waals surface area contributed by atoms with Crippen LogP contribution in [0, 0.1) is 5.92 Å². The number of amides is 2. The summed E-state index contributed by atoms with van der Waals surface area (Å²) in [6.07, 6.45) is 6.19. The Morgan fingerprint density at radius 1 is 1.13 bits per heavy atom. The maximum atomic E-state index is 12.7. The topological polar surface area (TPSA) is 103 Å². The number of rotatable bonds is 7. The average molecular weight is 414 g/mol. The minimum atomic E-state index is -0.741. The summed E-state index contributed by atoms with van der Waals surface area (Å²) in [4.78, 5) is 37.4. The predicted molar refractivity (Wildman–Crippen MR) is 109 cm³/mol. The predicted octanol–water partition coefficient (Wildman–Crippen LogP) is 2.77. The lowest BCUT2D eigenvalue weighted by Crippen LogP contribution is -2.47. The van der Waals surface area contributed by atoms with Gasteiger partial charge in [-0.05, 0) is 43.9 Å². The molecule has 2 atom stereocenters. The Hall–Kier alpha value is -3.29. The molecule has 1 heterocycles. The molecular weight excluding hydrogens is 388 g/mol. The van der Waals surface area contributed by atoms with Gasteiger partial charge in [0.25, 0.3) is 0 Å². The summed E-state index contributed by atoms with van der Waals surface area (Å²) < 4.78 is 15.8. The van der Waals surface area contributed by atoms with Crippen LogP contribution >= 0.6 is 0 Å². The summed E-state index contributed by atoms with van der Waals surface area (Å²) in [5.41, 5.74) is 1.10. The third-order valence-corrected chi connectivity index (χ3v) is 5.06. The van der Waals surface area contributed by atoms with E-state index in [-0.39, 0.29) is 36.4 Å². The molecule has 2 aliphatic rings. The van der Waals surface area contributed by atoms with E-state index in [2.05, 4.69) is 10.6 Å². The van der Waals surface area contributed by atoms with Crippen LogP contribution in [-0.4, -0.2) is 38.3 Å². The monoisotopic (exact) mass is 414 g/mol. The van der Waals surface area contributed by atoms with E-state index in [9.17, 15) is 14.4 Å². The van der Waals surface area contributed by atoms with Crippen LogP contribution in [0.3, 0.4) is 0 Å². The fourth-order valence-electron chi connectivity index (χ4n) is 3.50. The third-order valence-electron chi connectivity index (χ3n) is 5.06. The van der Waals surface area contributed by atoms with Gasteiger partial charge < -0.3 is 24.8 Å². The number of nitrogens with one attached hydrogen (secondary N) is 2. The molecule has 2 amide bonds. The molecule has 0 saturated carbocycles. The van der Waals surface area contributed by atoms with Crippen molar-refractivity contribution in [3.63, 3.8) is 0 Å². The van der Waals surface area contributed by atoms with E-state index in [0.29, 0.717) is 17.7 Å². The van der Waals surface area contributed by atoms with Gasteiger partial charge in [0, 0.05) is 0 Å². The number of allylic oxidation sites excluding steroid dienone is 2. The van der Waals surface area contributed by atoms with Crippen LogP contribution in [0.1, 0.15) is 37.8 Å². The number of carbonyl (C=O) groups excluding carboxylic acids is 3. The number of methoxy groups -OCH3 is 1. The first-order valence-electron chi connectivity index (χ1n) is 9.96. The van der Waals surface area contributed by atoms with Crippen molar-refractivity contribution in [1.82, 2.24) is 10.6 Å². The highest BCUT2D eigenvalue weighted by atomic mass is 16.5. The van der Waals surface area contributed by atoms with E-state index in [0.717, 1.165) is 12.8 Å². The molecule has 0 fully saturated rings. The second kappa shape index (κ2) is 9.96. The van der Waals surface area contributed by atoms with Gasteiger partial charge in [0.1, 0.15) is 12.4 Å². The smallest absolute Gasteiger partial charge is 0.338 e. The zero-order chi connectivity index (χ0) is 21.5. The second-order valence-electron chi connectivity index (χ2n) is 7.01. The molecule has 0 aromatic heterocycles. The number of carbonyl (C=O) groups is 3. The Labute approximate surface area is 175 Å². The largest absolute Gasteiger partial charge is 0.497 e. The number of urea groups is 1. The van der Waals surface area contributed by atoms with E-state index in [1.165, 1.54) is 0 Å². The van der Waals surface area contributed by atoms with E-state index in [1.807, 2.05) is 12.2 Å². The molecule has 0 unspecified atom stereocenters. The molecule has 8 nitrogen and oxygen atoms in total. The Kier molecular flexibility index (Phi) is 7.11. The van der Waals surface area contributed by atoms with Crippen LogP contribution in [0.15, 0.2) is 47.7 Å². The average Bonchev–Trinajstić information content (AvgIpc) is 2.77. The Morgan fingerprint density at radius 3 is 2.53 bits per heavy atom. The molecule has 0 saturated heterocycles. The lowest BCUT2D eigenvalue weighted by molar-refractivity contribution is -0.148. The molecule has 2 N–H and O–H groups in total. The van der Waals surface area contributed by atoms with Crippen molar-refractivity contribution >= 4 is 18.0 Å². The first-order chi connectivity index (χ1) is 14.5. The van der Waals surface area contributed by atoms with Gasteiger partial charge in [0.2, 0.25) is 0 Å². The lowest BCUT2D eigenvalue weighted by Gasteiger charge is -2.29. The summed E-state index contributed by atoms with van der Waals surface area (Å²) >= 11 is 0. The molecule has 0 radical (unpaired) electrons. The SMILES string of the molecule is CCOC(=O)C1=C(COC(=O)[C@@H]2CC=CCC2)NC(=O)N[C@H]1c1ccc(OC)cc1. The Bertz CT molecular complexity index is 859. The molecule has 1 aliphatic carbocycles. The number of benzene rings is 1. The molecule has 8 heteroatoms. The summed E-state index contributed by atoms with van der Waals surface area (Å²) in [6.45, 7) is 1.66. The maximum absolute atomic E-state index is 12.7. The molecule has 3 rings (SSSR count). The van der Waals surface area contributed by atoms with Gasteiger partial charge in [-0.15, -0.1) is 0 Å². The van der Waals surface area contributed by atoms with Crippen molar-refractivity contribution in [2.24, 2.45) is 5.92 Å². The van der Waals surface area contributed by atoms with E-state index < -0.39 is 18.0 Å². The van der Waals surface area contributed by atoms with Gasteiger partial charge in [0.05, 0.1) is 36.9 Å². The first kappa shape index (κ1) is 21.4. The highest BCUT2D eigenvalue weighted by Crippen LogP contribution is 2.29. The van der Waals surface area contributed by atoms with Gasteiger partial charge in [0.15, 0.2) is 0 Å². The van der Waals surface area contributed by atoms with Crippen molar-refractivity contribution in [1.29, 1.82) is 0 Å². The zero-order valence-electron chi connectivity index (χ0n) is 17.1. The number of ether oxygens (including phenoxy) is 3. The summed E-state index contributed by atoms with van der Waals surface area (Å²) in [5, 5.41) is 5.34. The van der Waals surface area contributed by atoms with Crippen molar-refractivity contribution < 1.29 is 28.6 Å². The fraction of sp³-hybridized carbons (Fsp3) is 0.409. The normalized spacial score (nSPS) is 20.8. The molecule has 1 aliphatic heterocycles. The molecular formula is C22H26N2O6. The van der Waals surface area contributed by atoms with Gasteiger partial charge in [-0.1, -0.05) is 24.3 Å². The Morgan fingerprint density at radius 2 is 1.90 bits per heavy atom. The lowest BCUT2D eigenvalue weighted by atomic mass is 9.94. The third kappa shape index (κ3) is 5.00. The van der Waals surface area contributed by atoms with Gasteiger partial charge >= 0.3 is 18.0 Å². The Balaban J connectivity index is 1.87. The van der Waals surface area contributed by atoms with Crippen molar-refractivity contribution in [2.75, 3.05) is 20.3 Å². The van der Waals surface area contributed by atoms with Crippen molar-refractivity contribution in [3.8, 4) is 5.75 Å². The number of esters is 2. The molecule has 0 spiro atoms. The summed E-state index contributed by atoms with van der Waals surface area (Å²) in [6, 6.07) is 5.76. The number of hydrogen-bond acceptors (Lipinski definition) is 6. The molecule has 1 aromatic carbocycles. The van der Waals surface area contributed by atoms with Crippen LogP contribution < -0.4 is 15.4 Å². The molecule has 160 valence electrons. The van der Waals surface area contributed by atoms with E-state index in [4.69, 9.17) is 14.2 Å². The van der Waals surface area contributed by atoms with Crippen LogP contribution in [0.4, 0.5) is 4.79 Å². The van der Waals surface area contributed by atoms with Crippen molar-refractivity contribution in [3.05, 3.63) is 53.3 Å². The second-order valence-corrected chi connectivity index (χ2v) is 7.01. The standard InChI is InChI=1S/C22H26N2O6/c1-3-29-21(26)18-17(13-30-20(25)15-7-5-4-6-8-15)23-22(27)24-19(18)14-9-11-16(28-2)12-10-14/h4-5,9-12,15,19H,3,6-8,13H2,1-2H3,(H2,23,24,27)/t15-,19+/m1/s1. The van der Waals surface area contributed by atoms with Gasteiger partial charge in [-0.25, -0.2) is 9.59 Å². The van der Waals surface area contributed by atoms with E-state index >= 15 is 0 Å². The number of hydrogen-bond donors (Lipinski definition) is 2. The van der Waals surface area contributed by atoms with Gasteiger partial charge in [-0.2, -0.15) is 0 Å².